The van der Waals surface area contributed by atoms with E-state index in [0.717, 1.165) is 24.4 Å². The standard InChI is InChI=1S/C13H17N5OS/c1-2-10-3-4-11(20-10)7-15-13(19)12-8-18(17-16-12)9-5-14-6-9/h3-4,8-9,14H,2,5-7H2,1H3,(H,15,19). The van der Waals surface area contributed by atoms with Gasteiger partial charge >= 0.3 is 0 Å². The normalized spacial score (nSPS) is 15.1. The van der Waals surface area contributed by atoms with Gasteiger partial charge in [-0.05, 0) is 18.6 Å². The van der Waals surface area contributed by atoms with Crippen LogP contribution in [-0.4, -0.2) is 34.0 Å². The van der Waals surface area contributed by atoms with Crippen LogP contribution in [0.4, 0.5) is 0 Å². The Morgan fingerprint density at radius 1 is 1.50 bits per heavy atom. The zero-order valence-electron chi connectivity index (χ0n) is 11.3. The van der Waals surface area contributed by atoms with E-state index in [2.05, 4.69) is 40.0 Å². The number of carbonyl (C=O) groups excluding carboxylic acids is 1. The maximum atomic E-state index is 12.0. The van der Waals surface area contributed by atoms with Crippen LogP contribution in [0, 0.1) is 0 Å². The van der Waals surface area contributed by atoms with Crippen LogP contribution in [0.5, 0.6) is 0 Å². The van der Waals surface area contributed by atoms with Gasteiger partial charge in [0.05, 0.1) is 18.8 Å². The third kappa shape index (κ3) is 2.73. The molecule has 0 bridgehead atoms. The molecule has 0 unspecified atom stereocenters. The number of aromatic nitrogens is 3. The highest BCUT2D eigenvalue weighted by Crippen LogP contribution is 2.16. The van der Waals surface area contributed by atoms with Crippen LogP contribution in [-0.2, 0) is 13.0 Å². The predicted octanol–water partition coefficient (Wildman–Crippen LogP) is 0.976. The summed E-state index contributed by atoms with van der Waals surface area (Å²) < 4.78 is 1.76. The van der Waals surface area contributed by atoms with Gasteiger partial charge in [-0.1, -0.05) is 12.1 Å². The fraction of sp³-hybridized carbons (Fsp3) is 0.462. The van der Waals surface area contributed by atoms with Gasteiger partial charge in [0, 0.05) is 22.8 Å². The van der Waals surface area contributed by atoms with Crippen molar-refractivity contribution in [1.29, 1.82) is 0 Å². The Labute approximate surface area is 121 Å². The Bertz CT molecular complexity index is 601. The monoisotopic (exact) mass is 291 g/mol. The maximum Gasteiger partial charge on any atom is 0.273 e. The summed E-state index contributed by atoms with van der Waals surface area (Å²) in [4.78, 5) is 14.5. The van der Waals surface area contributed by atoms with Crippen LogP contribution < -0.4 is 10.6 Å². The molecule has 7 heteroatoms. The summed E-state index contributed by atoms with van der Waals surface area (Å²) in [6.07, 6.45) is 2.75. The predicted molar refractivity (Wildman–Crippen MR) is 76.8 cm³/mol. The third-order valence-corrected chi connectivity index (χ3v) is 4.60. The van der Waals surface area contributed by atoms with Crippen molar-refractivity contribution in [1.82, 2.24) is 25.6 Å². The first-order chi connectivity index (χ1) is 9.76. The first-order valence-corrected chi connectivity index (χ1v) is 7.56. The molecule has 0 atom stereocenters. The molecule has 0 aromatic carbocycles. The summed E-state index contributed by atoms with van der Waals surface area (Å²) in [5.74, 6) is -0.171. The number of nitrogens with one attached hydrogen (secondary N) is 2. The zero-order chi connectivity index (χ0) is 13.9. The lowest BCUT2D eigenvalue weighted by molar-refractivity contribution is 0.0946. The molecule has 1 aliphatic rings. The number of hydrogen-bond donors (Lipinski definition) is 2. The van der Waals surface area contributed by atoms with E-state index in [4.69, 9.17) is 0 Å². The van der Waals surface area contributed by atoms with E-state index in [1.54, 1.807) is 22.2 Å². The average Bonchev–Trinajstić information content (AvgIpc) is 3.02. The minimum Gasteiger partial charge on any atom is -0.346 e. The zero-order valence-corrected chi connectivity index (χ0v) is 12.1. The third-order valence-electron chi connectivity index (χ3n) is 3.37. The van der Waals surface area contributed by atoms with Gasteiger partial charge < -0.3 is 10.6 Å². The second-order valence-corrected chi connectivity index (χ2v) is 6.05. The summed E-state index contributed by atoms with van der Waals surface area (Å²) in [5.41, 5.74) is 0.379. The molecule has 0 radical (unpaired) electrons. The Balaban J connectivity index is 1.57. The van der Waals surface area contributed by atoms with Gasteiger partial charge in [-0.2, -0.15) is 0 Å². The molecule has 3 heterocycles. The molecule has 3 rings (SSSR count). The topological polar surface area (TPSA) is 71.8 Å². The minimum absolute atomic E-state index is 0.171. The number of carbonyl (C=O) groups is 1. The number of rotatable bonds is 5. The van der Waals surface area contributed by atoms with Crippen LogP contribution >= 0.6 is 11.3 Å². The van der Waals surface area contributed by atoms with Gasteiger partial charge in [0.1, 0.15) is 0 Å². The van der Waals surface area contributed by atoms with E-state index in [0.29, 0.717) is 18.3 Å². The van der Waals surface area contributed by atoms with Crippen molar-refractivity contribution in [3.8, 4) is 0 Å². The lowest BCUT2D eigenvalue weighted by Gasteiger charge is -2.26. The van der Waals surface area contributed by atoms with Gasteiger partial charge in [0.2, 0.25) is 0 Å². The molecule has 0 spiro atoms. The first-order valence-electron chi connectivity index (χ1n) is 6.74. The van der Waals surface area contributed by atoms with Crippen molar-refractivity contribution in [2.45, 2.75) is 25.9 Å². The van der Waals surface area contributed by atoms with Crippen LogP contribution in [0.15, 0.2) is 18.3 Å². The van der Waals surface area contributed by atoms with Gasteiger partial charge in [0.25, 0.3) is 5.91 Å². The summed E-state index contributed by atoms with van der Waals surface area (Å²) in [7, 11) is 0. The van der Waals surface area contributed by atoms with Crippen molar-refractivity contribution < 1.29 is 4.79 Å². The molecular formula is C13H17N5OS. The number of nitrogens with zero attached hydrogens (tertiary/aromatic N) is 3. The van der Waals surface area contributed by atoms with E-state index < -0.39 is 0 Å². The number of amides is 1. The first kappa shape index (κ1) is 13.3. The molecule has 1 saturated heterocycles. The van der Waals surface area contributed by atoms with Gasteiger partial charge in [-0.15, -0.1) is 16.4 Å². The molecule has 106 valence electrons. The molecule has 0 aliphatic carbocycles. The molecule has 20 heavy (non-hydrogen) atoms. The quantitative estimate of drug-likeness (QED) is 0.861. The second kappa shape index (κ2) is 5.72. The molecule has 2 aromatic heterocycles. The number of hydrogen-bond acceptors (Lipinski definition) is 5. The molecular weight excluding hydrogens is 274 g/mol. The van der Waals surface area contributed by atoms with Gasteiger partial charge in [-0.25, -0.2) is 4.68 Å². The molecule has 6 nitrogen and oxygen atoms in total. The van der Waals surface area contributed by atoms with Crippen LogP contribution in [0.1, 0.15) is 33.2 Å². The van der Waals surface area contributed by atoms with Crippen molar-refractivity contribution in [2.24, 2.45) is 0 Å². The molecule has 1 amide bonds. The lowest BCUT2D eigenvalue weighted by atomic mass is 10.2. The molecule has 0 saturated carbocycles. The minimum atomic E-state index is -0.171. The van der Waals surface area contributed by atoms with E-state index in [9.17, 15) is 4.79 Å². The van der Waals surface area contributed by atoms with Crippen molar-refractivity contribution in [3.63, 3.8) is 0 Å². The summed E-state index contributed by atoms with van der Waals surface area (Å²) in [6.45, 7) is 4.45. The lowest BCUT2D eigenvalue weighted by Crippen LogP contribution is -2.43. The van der Waals surface area contributed by atoms with E-state index in [1.807, 2.05) is 0 Å². The highest BCUT2D eigenvalue weighted by atomic mass is 32.1. The highest BCUT2D eigenvalue weighted by Gasteiger charge is 2.21. The molecule has 2 aromatic rings. The number of aryl methyl sites for hydroxylation is 1. The van der Waals surface area contributed by atoms with Crippen molar-refractivity contribution in [3.05, 3.63) is 33.8 Å². The fourth-order valence-electron chi connectivity index (χ4n) is 1.99. The SMILES string of the molecule is CCc1ccc(CNC(=O)c2cn(C3CNC3)nn2)s1. The summed E-state index contributed by atoms with van der Waals surface area (Å²) >= 11 is 1.73. The van der Waals surface area contributed by atoms with E-state index in [1.165, 1.54) is 4.88 Å². The van der Waals surface area contributed by atoms with E-state index in [-0.39, 0.29) is 5.91 Å². The van der Waals surface area contributed by atoms with Gasteiger partial charge in [0.15, 0.2) is 5.69 Å². The van der Waals surface area contributed by atoms with Crippen molar-refractivity contribution in [2.75, 3.05) is 13.1 Å². The summed E-state index contributed by atoms with van der Waals surface area (Å²) in [5, 5.41) is 14.0. The Hall–Kier alpha value is -1.73. The molecule has 1 fully saturated rings. The fourth-order valence-corrected chi connectivity index (χ4v) is 2.88. The number of thiophene rings is 1. The van der Waals surface area contributed by atoms with Crippen LogP contribution in [0.2, 0.25) is 0 Å². The van der Waals surface area contributed by atoms with Crippen LogP contribution in [0.3, 0.4) is 0 Å². The maximum absolute atomic E-state index is 12.0. The second-order valence-electron chi connectivity index (χ2n) is 4.80. The Morgan fingerprint density at radius 3 is 2.95 bits per heavy atom. The highest BCUT2D eigenvalue weighted by molar-refractivity contribution is 7.11. The van der Waals surface area contributed by atoms with Gasteiger partial charge in [-0.3, -0.25) is 4.79 Å². The smallest absolute Gasteiger partial charge is 0.273 e. The largest absolute Gasteiger partial charge is 0.346 e. The van der Waals surface area contributed by atoms with Crippen molar-refractivity contribution >= 4 is 17.2 Å². The average molecular weight is 291 g/mol. The molecule has 1 aliphatic heterocycles. The van der Waals surface area contributed by atoms with E-state index >= 15 is 0 Å². The summed E-state index contributed by atoms with van der Waals surface area (Å²) in [6, 6.07) is 4.49. The van der Waals surface area contributed by atoms with Crippen LogP contribution in [0.25, 0.3) is 0 Å². The Morgan fingerprint density at radius 2 is 2.30 bits per heavy atom. The molecule has 2 N–H and O–H groups in total. The Kier molecular flexibility index (Phi) is 3.79.